The number of aliphatic hydroxyl groups is 1. The number of carboxylic acids is 1. The number of nitrogens with zero attached hydrogens (tertiary/aromatic N) is 1. The maximum atomic E-state index is 12.9. The van der Waals surface area contributed by atoms with Crippen molar-refractivity contribution in [3.05, 3.63) is 0 Å². The maximum absolute atomic E-state index is 12.9. The highest BCUT2D eigenvalue weighted by atomic mass is 32.2. The molecule has 200 valence electrons. The van der Waals surface area contributed by atoms with Gasteiger partial charge in [-0.05, 0) is 38.2 Å². The van der Waals surface area contributed by atoms with Gasteiger partial charge < -0.3 is 49.1 Å². The third kappa shape index (κ3) is 13.4. The molecule has 0 radical (unpaired) electrons. The predicted molar refractivity (Wildman–Crippen MR) is 130 cm³/mol. The van der Waals surface area contributed by atoms with Gasteiger partial charge in [-0.3, -0.25) is 24.2 Å². The Morgan fingerprint density at radius 1 is 0.943 bits per heavy atom. The van der Waals surface area contributed by atoms with Crippen LogP contribution in [0.25, 0.3) is 0 Å². The summed E-state index contributed by atoms with van der Waals surface area (Å²) >= 11 is 1.50. The van der Waals surface area contributed by atoms with Crippen LogP contribution in [-0.2, 0) is 24.0 Å². The molecule has 0 aromatic heterocycles. The first-order valence-electron chi connectivity index (χ1n) is 10.7. The highest BCUT2D eigenvalue weighted by Crippen LogP contribution is 2.05. The lowest BCUT2D eigenvalue weighted by Crippen LogP contribution is -2.60. The Morgan fingerprint density at radius 2 is 1.54 bits per heavy atom. The first-order chi connectivity index (χ1) is 16.3. The molecule has 0 bridgehead atoms. The second-order valence-electron chi connectivity index (χ2n) is 7.69. The molecule has 0 aromatic rings. The summed E-state index contributed by atoms with van der Waals surface area (Å²) in [6.07, 6.45) is 0.413. The number of hydrogen-bond acceptors (Lipinski definition) is 9. The summed E-state index contributed by atoms with van der Waals surface area (Å²) in [6, 6.07) is -5.30. The molecule has 0 aliphatic rings. The molecule has 0 rings (SSSR count). The number of rotatable bonds is 17. The largest absolute Gasteiger partial charge is 0.480 e. The summed E-state index contributed by atoms with van der Waals surface area (Å²) in [4.78, 5) is 64.1. The Kier molecular flexibility index (Phi) is 15.0. The van der Waals surface area contributed by atoms with E-state index < -0.39 is 66.3 Å². The number of aliphatic hydroxyl groups excluding tert-OH is 1. The van der Waals surface area contributed by atoms with Crippen molar-refractivity contribution in [1.29, 1.82) is 0 Å². The number of carbonyl (C=O) groups excluding carboxylic acids is 4. The number of primary amides is 1. The average molecular weight is 521 g/mol. The number of carbonyl (C=O) groups is 5. The molecule has 35 heavy (non-hydrogen) atoms. The zero-order chi connectivity index (χ0) is 27.1. The van der Waals surface area contributed by atoms with Gasteiger partial charge in [-0.2, -0.15) is 11.8 Å². The second kappa shape index (κ2) is 16.5. The van der Waals surface area contributed by atoms with Crippen LogP contribution in [0.1, 0.15) is 32.6 Å². The van der Waals surface area contributed by atoms with Crippen molar-refractivity contribution < 1.29 is 34.2 Å². The van der Waals surface area contributed by atoms with Crippen LogP contribution < -0.4 is 38.9 Å². The molecule has 16 heteroatoms. The minimum absolute atomic E-state index is 0.0666. The van der Waals surface area contributed by atoms with Crippen LogP contribution in [0.5, 0.6) is 0 Å². The van der Waals surface area contributed by atoms with Crippen molar-refractivity contribution in [2.75, 3.05) is 18.6 Å². The fourth-order valence-corrected chi connectivity index (χ4v) is 3.24. The molecule has 0 spiro atoms. The molecule has 0 saturated heterocycles. The van der Waals surface area contributed by atoms with Crippen LogP contribution in [-0.4, -0.2) is 94.6 Å². The van der Waals surface area contributed by atoms with Crippen molar-refractivity contribution in [2.45, 2.75) is 62.9 Å². The van der Waals surface area contributed by atoms with Gasteiger partial charge >= 0.3 is 5.97 Å². The molecule has 0 saturated carbocycles. The Hall–Kier alpha value is -3.11. The van der Waals surface area contributed by atoms with Gasteiger partial charge in [-0.15, -0.1) is 0 Å². The number of aliphatic imine (C=N–C) groups is 1. The summed E-state index contributed by atoms with van der Waals surface area (Å²) in [6.45, 7) is 1.35. The van der Waals surface area contributed by atoms with Crippen molar-refractivity contribution in [3.63, 3.8) is 0 Å². The number of nitrogens with one attached hydrogen (secondary N) is 3. The van der Waals surface area contributed by atoms with Gasteiger partial charge in [0.1, 0.15) is 18.1 Å². The third-order valence-electron chi connectivity index (χ3n) is 4.63. The van der Waals surface area contributed by atoms with E-state index >= 15 is 0 Å². The van der Waals surface area contributed by atoms with E-state index in [0.717, 1.165) is 0 Å². The lowest BCUT2D eigenvalue weighted by molar-refractivity contribution is -0.144. The first kappa shape index (κ1) is 31.9. The summed E-state index contributed by atoms with van der Waals surface area (Å²) in [7, 11) is 0. The lowest BCUT2D eigenvalue weighted by Gasteiger charge is -2.26. The number of hydrogen-bond donors (Lipinski definition) is 9. The lowest BCUT2D eigenvalue weighted by atomic mass is 10.1. The molecule has 15 nitrogen and oxygen atoms in total. The van der Waals surface area contributed by atoms with Crippen LogP contribution in [0.4, 0.5) is 0 Å². The zero-order valence-corrected chi connectivity index (χ0v) is 20.5. The molecule has 4 amide bonds. The molecule has 0 aliphatic carbocycles. The molecule has 5 atom stereocenters. The molecule has 13 N–H and O–H groups in total. The van der Waals surface area contributed by atoms with Crippen LogP contribution in [0, 0.1) is 0 Å². The van der Waals surface area contributed by atoms with Crippen molar-refractivity contribution in [2.24, 2.45) is 27.9 Å². The third-order valence-corrected chi connectivity index (χ3v) is 5.27. The van der Waals surface area contributed by atoms with Gasteiger partial charge in [-0.1, -0.05) is 0 Å². The van der Waals surface area contributed by atoms with Crippen molar-refractivity contribution in [1.82, 2.24) is 16.0 Å². The van der Waals surface area contributed by atoms with E-state index in [1.165, 1.54) is 18.7 Å². The minimum atomic E-state index is -1.66. The highest BCUT2D eigenvalue weighted by molar-refractivity contribution is 7.98. The summed E-state index contributed by atoms with van der Waals surface area (Å²) in [5.41, 5.74) is 21.4. The van der Waals surface area contributed by atoms with Crippen LogP contribution in [0.2, 0.25) is 0 Å². The van der Waals surface area contributed by atoms with Gasteiger partial charge in [0.2, 0.25) is 23.6 Å². The normalized spacial score (nSPS) is 15.0. The van der Waals surface area contributed by atoms with E-state index in [-0.39, 0.29) is 25.3 Å². The molecule has 0 aliphatic heterocycles. The Bertz CT molecular complexity index is 776. The predicted octanol–water partition coefficient (Wildman–Crippen LogP) is -4.08. The number of aliphatic carboxylic acids is 1. The number of thioether (sulfide) groups is 1. The average Bonchev–Trinajstić information content (AvgIpc) is 2.75. The SMILES string of the molecule is CSCCC(N)C(=O)NC(CCCN=C(N)N)C(=O)NC(C(=O)NC(CC(N)=O)C(=O)O)C(C)O. The van der Waals surface area contributed by atoms with Crippen molar-refractivity contribution >= 4 is 47.3 Å². The standard InChI is InChI=1S/C19H36N8O7S/c1-9(28)14(17(32)26-12(18(33)34)8-13(21)29)27-16(31)11(4-3-6-24-19(22)23)25-15(30)10(20)5-7-35-2/h9-12,14,28H,3-8,20H2,1-2H3,(H2,21,29)(H,25,30)(H,26,32)(H,27,31)(H,33,34)(H4,22,23,24). The first-order valence-corrected chi connectivity index (χ1v) is 12.1. The number of carboxylic acid groups (broad SMARTS) is 1. The number of guanidine groups is 1. The van der Waals surface area contributed by atoms with Gasteiger partial charge in [0, 0.05) is 6.54 Å². The molecule has 0 heterocycles. The van der Waals surface area contributed by atoms with E-state index in [1.807, 2.05) is 6.26 Å². The number of amides is 4. The molecular weight excluding hydrogens is 484 g/mol. The van der Waals surface area contributed by atoms with E-state index in [2.05, 4.69) is 20.9 Å². The highest BCUT2D eigenvalue weighted by Gasteiger charge is 2.33. The fraction of sp³-hybridized carbons (Fsp3) is 0.684. The zero-order valence-electron chi connectivity index (χ0n) is 19.7. The monoisotopic (exact) mass is 520 g/mol. The smallest absolute Gasteiger partial charge is 0.326 e. The maximum Gasteiger partial charge on any atom is 0.326 e. The minimum Gasteiger partial charge on any atom is -0.480 e. The molecule has 0 fully saturated rings. The van der Waals surface area contributed by atoms with Gasteiger partial charge in [0.25, 0.3) is 0 Å². The van der Waals surface area contributed by atoms with Crippen molar-refractivity contribution in [3.8, 4) is 0 Å². The topological polar surface area (TPSA) is 278 Å². The van der Waals surface area contributed by atoms with E-state index in [4.69, 9.17) is 22.9 Å². The summed E-state index contributed by atoms with van der Waals surface area (Å²) < 4.78 is 0. The fourth-order valence-electron chi connectivity index (χ4n) is 2.75. The van der Waals surface area contributed by atoms with Gasteiger partial charge in [0.15, 0.2) is 5.96 Å². The van der Waals surface area contributed by atoms with Crippen LogP contribution in [0.15, 0.2) is 4.99 Å². The second-order valence-corrected chi connectivity index (χ2v) is 8.68. The molecule has 5 unspecified atom stereocenters. The van der Waals surface area contributed by atoms with Crippen LogP contribution in [0.3, 0.4) is 0 Å². The Morgan fingerprint density at radius 3 is 2.03 bits per heavy atom. The quantitative estimate of drug-likeness (QED) is 0.0505. The van der Waals surface area contributed by atoms with Gasteiger partial charge in [0.05, 0.1) is 18.6 Å². The van der Waals surface area contributed by atoms with Crippen LogP contribution >= 0.6 is 11.8 Å². The Balaban J connectivity index is 5.51. The number of nitrogens with two attached hydrogens (primary N) is 4. The summed E-state index contributed by atoms with van der Waals surface area (Å²) in [5, 5.41) is 26.1. The molecule has 0 aromatic carbocycles. The molecular formula is C19H36N8O7S. The summed E-state index contributed by atoms with van der Waals surface area (Å²) in [5.74, 6) is -4.52. The van der Waals surface area contributed by atoms with Gasteiger partial charge in [-0.25, -0.2) is 4.79 Å². The Labute approximate surface area is 207 Å². The van der Waals surface area contributed by atoms with E-state index in [0.29, 0.717) is 12.2 Å². The van der Waals surface area contributed by atoms with E-state index in [9.17, 15) is 34.2 Å². The van der Waals surface area contributed by atoms with E-state index in [1.54, 1.807) is 0 Å².